The van der Waals surface area contributed by atoms with Crippen molar-refractivity contribution in [2.45, 2.75) is 7.43 Å². The second-order valence-electron chi connectivity index (χ2n) is 0.429. The molecule has 0 heterocycles. The van der Waals surface area contributed by atoms with Crippen LogP contribution in [0.4, 0.5) is 0 Å². The molecule has 0 spiro atoms. The predicted octanol–water partition coefficient (Wildman–Crippen LogP) is 3.80. The van der Waals surface area contributed by atoms with Crippen molar-refractivity contribution in [3.05, 3.63) is 0 Å². The van der Waals surface area contributed by atoms with E-state index in [1.807, 2.05) is 0 Å². The maximum atomic E-state index is 2.56. The van der Waals surface area contributed by atoms with E-state index in [1.165, 1.54) is 0 Å². The zero-order valence-electron chi connectivity index (χ0n) is 2.01. The average Bonchev–Trinajstić information content (AvgIpc) is 0.722. The van der Waals surface area contributed by atoms with Gasteiger partial charge in [0, 0.05) is 0 Å². The Hall–Kier alpha value is 3.84. The first-order chi connectivity index (χ1) is 2.00. The second kappa shape index (κ2) is 5.61. The van der Waals surface area contributed by atoms with E-state index in [0.29, 0.717) is 0 Å². The number of halogens is 4. The molecule has 0 aliphatic heterocycles. The van der Waals surface area contributed by atoms with Crippen LogP contribution in [0.5, 0.6) is 0 Å². The van der Waals surface area contributed by atoms with Gasteiger partial charge in [-0.2, -0.15) is 0 Å². The molecule has 0 atom stereocenters. The summed E-state index contributed by atoms with van der Waals surface area (Å²) < 4.78 is -1.40. The number of hydrogen-bond donors (Lipinski definition) is 0. The average molecular weight is 731 g/mol. The standard InChI is InChI=1S/CH4.4HI.Pb/h1H4;4*1H;/q;;;;;+4/p-4. The van der Waals surface area contributed by atoms with Gasteiger partial charge in [-0.15, -0.1) is 0 Å². The van der Waals surface area contributed by atoms with Gasteiger partial charge in [-0.3, -0.25) is 0 Å². The van der Waals surface area contributed by atoms with E-state index in [-0.39, 0.29) is 7.43 Å². The Kier molecular flexibility index (Phi) is 11.7. The molecule has 6 heavy (non-hydrogen) atoms. The van der Waals surface area contributed by atoms with Crippen molar-refractivity contribution in [1.29, 1.82) is 0 Å². The van der Waals surface area contributed by atoms with Gasteiger partial charge >= 0.3 is 75.0 Å². The fraction of sp³-hybridized carbons (Fsp3) is 1.00. The summed E-state index contributed by atoms with van der Waals surface area (Å²) in [5.41, 5.74) is 0. The molecule has 0 fully saturated rings. The molecule has 0 N–H and O–H groups in total. The molecular formula is CH4I4Pb. The molecule has 0 bridgehead atoms. The molecular weight excluding hydrogens is 727 g/mol. The number of rotatable bonds is 0. The summed E-state index contributed by atoms with van der Waals surface area (Å²) in [6.07, 6.45) is 0. The fourth-order valence-corrected chi connectivity index (χ4v) is 0. The normalized spacial score (nSPS) is 10.0. The van der Waals surface area contributed by atoms with Crippen molar-refractivity contribution in [2.75, 3.05) is 0 Å². The van der Waals surface area contributed by atoms with Crippen molar-refractivity contribution in [1.82, 2.24) is 0 Å². The molecule has 0 saturated heterocycles. The van der Waals surface area contributed by atoms with Crippen molar-refractivity contribution in [3.63, 3.8) is 0 Å². The van der Waals surface area contributed by atoms with E-state index in [9.17, 15) is 0 Å². The monoisotopic (exact) mass is 732 g/mol. The third kappa shape index (κ3) is 24.9. The van der Waals surface area contributed by atoms with Crippen LogP contribution in [0.15, 0.2) is 0 Å². The Labute approximate surface area is 79.4 Å². The van der Waals surface area contributed by atoms with Crippen LogP contribution >= 0.6 is 71.0 Å². The summed E-state index contributed by atoms with van der Waals surface area (Å²) in [7, 11) is 0. The zero-order chi connectivity index (χ0) is 4.50. The molecule has 0 nitrogen and oxygen atoms in total. The Morgan fingerprint density at radius 2 is 0.833 bits per heavy atom. The summed E-state index contributed by atoms with van der Waals surface area (Å²) in [6.45, 7) is 0. The quantitative estimate of drug-likeness (QED) is 0.263. The van der Waals surface area contributed by atoms with Gasteiger partial charge in [0.2, 0.25) is 0 Å². The van der Waals surface area contributed by atoms with Crippen LogP contribution in [-0.2, 0) is 0 Å². The topological polar surface area (TPSA) is 0 Å². The molecule has 5 heteroatoms. The van der Waals surface area contributed by atoms with Gasteiger partial charge in [-0.05, 0) is 0 Å². The van der Waals surface area contributed by atoms with Crippen LogP contribution in [0, 0.1) is 0 Å². The van der Waals surface area contributed by atoms with Gasteiger partial charge < -0.3 is 0 Å². The Morgan fingerprint density at radius 3 is 0.833 bits per heavy atom. The molecule has 40 valence electrons. The Bertz CT molecular complexity index is 23.0. The molecule has 0 aliphatic carbocycles. The second-order valence-corrected chi connectivity index (χ2v) is 169. The summed E-state index contributed by atoms with van der Waals surface area (Å²) in [6, 6.07) is 0. The van der Waals surface area contributed by atoms with Crippen LogP contribution in [0.2, 0.25) is 0 Å². The minimum atomic E-state index is -1.40. The summed E-state index contributed by atoms with van der Waals surface area (Å²) in [4.78, 5) is 0. The third-order valence-corrected chi connectivity index (χ3v) is 0. The Morgan fingerprint density at radius 1 is 0.833 bits per heavy atom. The summed E-state index contributed by atoms with van der Waals surface area (Å²) in [5, 5.41) is 0. The van der Waals surface area contributed by atoms with Gasteiger partial charge in [-0.25, -0.2) is 0 Å². The van der Waals surface area contributed by atoms with Crippen LogP contribution < -0.4 is 0 Å². The van der Waals surface area contributed by atoms with Gasteiger partial charge in [0.05, 0.1) is 0 Å². The van der Waals surface area contributed by atoms with E-state index in [0.717, 1.165) is 0 Å². The van der Waals surface area contributed by atoms with E-state index in [1.54, 1.807) is 0 Å². The van der Waals surface area contributed by atoms with Gasteiger partial charge in [-0.1, -0.05) is 7.43 Å². The number of hydrogen-bond acceptors (Lipinski definition) is 0. The molecule has 0 aromatic heterocycles. The van der Waals surface area contributed by atoms with Gasteiger partial charge in [0.1, 0.15) is 0 Å². The van der Waals surface area contributed by atoms with Crippen molar-refractivity contribution < 1.29 is 0 Å². The SMILES string of the molecule is C.[I][Pb]([I])([I])[I]. The minimum absolute atomic E-state index is 0. The first kappa shape index (κ1) is 12.5. The van der Waals surface area contributed by atoms with Crippen LogP contribution in [0.25, 0.3) is 0 Å². The van der Waals surface area contributed by atoms with Crippen LogP contribution in [0.1, 0.15) is 7.43 Å². The van der Waals surface area contributed by atoms with Crippen LogP contribution in [0.3, 0.4) is 0 Å². The van der Waals surface area contributed by atoms with Crippen LogP contribution in [-0.4, -0.2) is 4.00 Å². The van der Waals surface area contributed by atoms with Crippen molar-refractivity contribution >= 4 is 75.0 Å². The first-order valence-corrected chi connectivity index (χ1v) is 44.5. The Balaban J connectivity index is 0. The molecule has 0 aromatic rings. The van der Waals surface area contributed by atoms with E-state index >= 15 is 0 Å². The molecule has 0 saturated carbocycles. The predicted molar refractivity (Wildman–Crippen MR) is 68.6 cm³/mol. The van der Waals surface area contributed by atoms with Crippen molar-refractivity contribution in [2.24, 2.45) is 0 Å². The van der Waals surface area contributed by atoms with E-state index in [2.05, 4.69) is 71.0 Å². The van der Waals surface area contributed by atoms with Gasteiger partial charge in [0.25, 0.3) is 0 Å². The zero-order valence-corrected chi connectivity index (χ0v) is 14.5. The summed E-state index contributed by atoms with van der Waals surface area (Å²) in [5.74, 6) is 0. The van der Waals surface area contributed by atoms with E-state index in [4.69, 9.17) is 0 Å². The fourth-order valence-electron chi connectivity index (χ4n) is 0. The summed E-state index contributed by atoms with van der Waals surface area (Å²) >= 11 is 10.2. The molecule has 0 unspecified atom stereocenters. The molecule has 0 amide bonds. The van der Waals surface area contributed by atoms with Gasteiger partial charge in [0.15, 0.2) is 0 Å². The molecule has 0 aliphatic rings. The third-order valence-electron chi connectivity index (χ3n) is 0. The molecule has 0 radical (unpaired) electrons. The molecule has 0 rings (SSSR count). The first-order valence-electron chi connectivity index (χ1n) is 0.756. The maximum absolute atomic E-state index is 2.56. The molecule has 0 aromatic carbocycles. The van der Waals surface area contributed by atoms with Crippen molar-refractivity contribution in [3.8, 4) is 0 Å². The van der Waals surface area contributed by atoms with E-state index < -0.39 is 4.00 Å².